The Bertz CT molecular complexity index is 630. The van der Waals surface area contributed by atoms with E-state index >= 15 is 0 Å². The quantitative estimate of drug-likeness (QED) is 0.845. The minimum Gasteiger partial charge on any atom is -0.348 e. The van der Waals surface area contributed by atoms with E-state index in [1.165, 1.54) is 16.5 Å². The normalized spacial score (nSPS) is 12.9. The van der Waals surface area contributed by atoms with Gasteiger partial charge < -0.3 is 9.47 Å². The molecule has 0 aliphatic rings. The molecule has 0 radical (unpaired) electrons. The first-order valence-electron chi connectivity index (χ1n) is 7.43. The fraction of sp³-hybridized carbons (Fsp3) is 0.471. The van der Waals surface area contributed by atoms with Crippen LogP contribution < -0.4 is 0 Å². The molecule has 1 aromatic carbocycles. The number of carbonyl (C=O) groups is 1. The van der Waals surface area contributed by atoms with E-state index in [2.05, 4.69) is 46.9 Å². The minimum absolute atomic E-state index is 0.117. The molecule has 114 valence electrons. The van der Waals surface area contributed by atoms with Crippen molar-refractivity contribution < 1.29 is 4.79 Å². The van der Waals surface area contributed by atoms with Crippen LogP contribution in [0.15, 0.2) is 30.5 Å². The van der Waals surface area contributed by atoms with E-state index in [4.69, 9.17) is 0 Å². The van der Waals surface area contributed by atoms with Crippen molar-refractivity contribution in [3.05, 3.63) is 36.0 Å². The summed E-state index contributed by atoms with van der Waals surface area (Å²) in [5, 5.41) is 1.26. The number of amides is 1. The molecule has 0 spiro atoms. The van der Waals surface area contributed by atoms with Crippen molar-refractivity contribution in [3.63, 3.8) is 0 Å². The summed E-state index contributed by atoms with van der Waals surface area (Å²) in [6, 6.07) is 8.55. The predicted octanol–water partition coefficient (Wildman–Crippen LogP) is 2.57. The van der Waals surface area contributed by atoms with Crippen LogP contribution >= 0.6 is 0 Å². The number of hydrogen-bond acceptors (Lipinski definition) is 2. The van der Waals surface area contributed by atoms with Crippen LogP contribution in [0.5, 0.6) is 0 Å². The van der Waals surface area contributed by atoms with Crippen molar-refractivity contribution in [3.8, 4) is 0 Å². The van der Waals surface area contributed by atoms with E-state index < -0.39 is 0 Å². The summed E-state index contributed by atoms with van der Waals surface area (Å²) in [6.07, 6.45) is 2.12. The fourth-order valence-electron chi connectivity index (χ4n) is 2.59. The molecule has 2 aromatic rings. The molecule has 0 aliphatic carbocycles. The largest absolute Gasteiger partial charge is 0.348 e. The van der Waals surface area contributed by atoms with E-state index in [1.807, 2.05) is 14.0 Å². The lowest BCUT2D eigenvalue weighted by molar-refractivity contribution is -0.133. The number of nitrogens with zero attached hydrogens (tertiary/aromatic N) is 3. The maximum absolute atomic E-state index is 12.0. The van der Waals surface area contributed by atoms with Gasteiger partial charge in [-0.1, -0.05) is 12.1 Å². The second-order valence-electron chi connectivity index (χ2n) is 5.82. The van der Waals surface area contributed by atoms with E-state index in [-0.39, 0.29) is 11.9 Å². The SMILES string of the molecule is CCn1ccc2ccc(CN(C)C(C)C(=O)N(C)C)cc21. The topological polar surface area (TPSA) is 28.5 Å². The Morgan fingerprint density at radius 1 is 1.24 bits per heavy atom. The van der Waals surface area contributed by atoms with Gasteiger partial charge in [0, 0.05) is 38.9 Å². The molecule has 0 bridgehead atoms. The van der Waals surface area contributed by atoms with Gasteiger partial charge >= 0.3 is 0 Å². The number of rotatable bonds is 5. The Balaban J connectivity index is 2.17. The molecular formula is C17H25N3O. The molecular weight excluding hydrogens is 262 g/mol. The van der Waals surface area contributed by atoms with Crippen molar-refractivity contribution in [2.75, 3.05) is 21.1 Å². The highest BCUT2D eigenvalue weighted by Gasteiger charge is 2.19. The maximum atomic E-state index is 12.0. The highest BCUT2D eigenvalue weighted by atomic mass is 16.2. The van der Waals surface area contributed by atoms with E-state index in [0.717, 1.165) is 13.1 Å². The van der Waals surface area contributed by atoms with Crippen LogP contribution in [-0.4, -0.2) is 47.5 Å². The second-order valence-corrected chi connectivity index (χ2v) is 5.82. The van der Waals surface area contributed by atoms with Crippen molar-refractivity contribution in [1.29, 1.82) is 0 Å². The number of aryl methyl sites for hydroxylation is 1. The van der Waals surface area contributed by atoms with Crippen LogP contribution in [0.25, 0.3) is 10.9 Å². The zero-order valence-electron chi connectivity index (χ0n) is 13.6. The first-order chi connectivity index (χ1) is 9.93. The summed E-state index contributed by atoms with van der Waals surface area (Å²) in [6.45, 7) is 5.84. The average molecular weight is 287 g/mol. The number of benzene rings is 1. The van der Waals surface area contributed by atoms with Gasteiger partial charge in [-0.2, -0.15) is 0 Å². The van der Waals surface area contributed by atoms with E-state index in [9.17, 15) is 4.79 Å². The lowest BCUT2D eigenvalue weighted by Crippen LogP contribution is -2.42. The van der Waals surface area contributed by atoms with Crippen molar-refractivity contribution in [2.45, 2.75) is 33.0 Å². The molecule has 1 unspecified atom stereocenters. The molecule has 0 fully saturated rings. The van der Waals surface area contributed by atoms with Crippen molar-refractivity contribution >= 4 is 16.8 Å². The first-order valence-corrected chi connectivity index (χ1v) is 7.43. The van der Waals surface area contributed by atoms with Crippen LogP contribution in [-0.2, 0) is 17.9 Å². The third-order valence-electron chi connectivity index (χ3n) is 4.07. The van der Waals surface area contributed by atoms with Crippen molar-refractivity contribution in [2.24, 2.45) is 0 Å². The summed E-state index contributed by atoms with van der Waals surface area (Å²) in [7, 11) is 5.59. The standard InChI is InChI=1S/C17H25N3O/c1-6-20-10-9-15-8-7-14(11-16(15)20)12-19(5)13(2)17(21)18(3)4/h7-11,13H,6,12H2,1-5H3. The number of aromatic nitrogens is 1. The Morgan fingerprint density at radius 3 is 2.57 bits per heavy atom. The van der Waals surface area contributed by atoms with Gasteiger partial charge in [0.1, 0.15) is 0 Å². The Morgan fingerprint density at radius 2 is 1.95 bits per heavy atom. The Labute approximate surface area is 126 Å². The van der Waals surface area contributed by atoms with Gasteiger partial charge in [-0.3, -0.25) is 9.69 Å². The molecule has 1 heterocycles. The highest BCUT2D eigenvalue weighted by Crippen LogP contribution is 2.19. The zero-order valence-corrected chi connectivity index (χ0v) is 13.6. The Hall–Kier alpha value is -1.81. The number of fused-ring (bicyclic) bond motifs is 1. The molecule has 4 nitrogen and oxygen atoms in total. The van der Waals surface area contributed by atoms with Crippen LogP contribution in [0, 0.1) is 0 Å². The van der Waals surface area contributed by atoms with Gasteiger partial charge in [-0.05, 0) is 44.0 Å². The zero-order chi connectivity index (χ0) is 15.6. The fourth-order valence-corrected chi connectivity index (χ4v) is 2.59. The molecule has 0 saturated carbocycles. The molecule has 1 amide bonds. The molecule has 1 atom stereocenters. The predicted molar refractivity (Wildman–Crippen MR) is 87.2 cm³/mol. The van der Waals surface area contributed by atoms with Crippen molar-refractivity contribution in [1.82, 2.24) is 14.4 Å². The van der Waals surface area contributed by atoms with E-state index in [1.54, 1.807) is 19.0 Å². The van der Waals surface area contributed by atoms with Crippen LogP contribution in [0.2, 0.25) is 0 Å². The molecule has 21 heavy (non-hydrogen) atoms. The first kappa shape index (κ1) is 15.6. The average Bonchev–Trinajstić information content (AvgIpc) is 2.87. The van der Waals surface area contributed by atoms with Gasteiger partial charge in [0.15, 0.2) is 0 Å². The monoisotopic (exact) mass is 287 g/mol. The smallest absolute Gasteiger partial charge is 0.239 e. The van der Waals surface area contributed by atoms with Gasteiger partial charge in [-0.15, -0.1) is 0 Å². The lowest BCUT2D eigenvalue weighted by atomic mass is 10.1. The van der Waals surface area contributed by atoms with Crippen LogP contribution in [0.1, 0.15) is 19.4 Å². The van der Waals surface area contributed by atoms with Gasteiger partial charge in [0.2, 0.25) is 5.91 Å². The molecule has 0 aliphatic heterocycles. The second kappa shape index (κ2) is 6.31. The summed E-state index contributed by atoms with van der Waals surface area (Å²) in [5.74, 6) is 0.135. The summed E-state index contributed by atoms with van der Waals surface area (Å²) < 4.78 is 2.24. The number of likely N-dealkylation sites (N-methyl/N-ethyl adjacent to an activating group) is 2. The molecule has 4 heteroatoms. The lowest BCUT2D eigenvalue weighted by Gasteiger charge is -2.26. The maximum Gasteiger partial charge on any atom is 0.239 e. The third-order valence-corrected chi connectivity index (χ3v) is 4.07. The van der Waals surface area contributed by atoms with E-state index in [0.29, 0.717) is 0 Å². The van der Waals surface area contributed by atoms with Crippen LogP contribution in [0.3, 0.4) is 0 Å². The number of carbonyl (C=O) groups excluding carboxylic acids is 1. The molecule has 2 rings (SSSR count). The molecule has 0 saturated heterocycles. The Kier molecular flexibility index (Phi) is 4.68. The molecule has 1 aromatic heterocycles. The summed E-state index contributed by atoms with van der Waals surface area (Å²) in [4.78, 5) is 15.8. The highest BCUT2D eigenvalue weighted by molar-refractivity contribution is 5.81. The molecule has 0 N–H and O–H groups in total. The third kappa shape index (κ3) is 3.27. The summed E-state index contributed by atoms with van der Waals surface area (Å²) in [5.41, 5.74) is 2.49. The summed E-state index contributed by atoms with van der Waals surface area (Å²) >= 11 is 0. The number of hydrogen-bond donors (Lipinski definition) is 0. The van der Waals surface area contributed by atoms with Gasteiger partial charge in [-0.25, -0.2) is 0 Å². The van der Waals surface area contributed by atoms with Gasteiger partial charge in [0.25, 0.3) is 0 Å². The van der Waals surface area contributed by atoms with Gasteiger partial charge in [0.05, 0.1) is 6.04 Å². The van der Waals surface area contributed by atoms with Crippen LogP contribution in [0.4, 0.5) is 0 Å². The minimum atomic E-state index is -0.117.